The van der Waals surface area contributed by atoms with E-state index in [0.29, 0.717) is 11.3 Å². The summed E-state index contributed by atoms with van der Waals surface area (Å²) in [5.41, 5.74) is 1.55. The maximum atomic E-state index is 13.1. The first-order valence-corrected chi connectivity index (χ1v) is 5.41. The number of hydrogen-bond donors (Lipinski definition) is 0. The number of pyridine rings is 1. The molecule has 0 amide bonds. The second kappa shape index (κ2) is 4.96. The number of halogens is 1. The third-order valence-corrected chi connectivity index (χ3v) is 2.57. The molecule has 2 aromatic rings. The molecule has 0 saturated heterocycles. The lowest BCUT2D eigenvalue weighted by molar-refractivity contribution is 0.103. The molecule has 4 heteroatoms. The highest BCUT2D eigenvalue weighted by atomic mass is 19.1. The zero-order valence-electron chi connectivity index (χ0n) is 10.1. The molecule has 1 aromatic carbocycles. The minimum atomic E-state index is -0.535. The van der Waals surface area contributed by atoms with Crippen LogP contribution >= 0.6 is 0 Å². The fourth-order valence-corrected chi connectivity index (χ4v) is 1.69. The quantitative estimate of drug-likeness (QED) is 0.780. The maximum Gasteiger partial charge on any atom is 0.198 e. The molecular formula is C14H12FNO2. The van der Waals surface area contributed by atoms with Gasteiger partial charge in [0.05, 0.1) is 18.9 Å². The Bertz CT molecular complexity index is 596. The molecule has 1 heterocycles. The van der Waals surface area contributed by atoms with E-state index in [9.17, 15) is 9.18 Å². The number of hydrogen-bond acceptors (Lipinski definition) is 3. The molecule has 2 rings (SSSR count). The van der Waals surface area contributed by atoms with Crippen LogP contribution in [0.2, 0.25) is 0 Å². The van der Waals surface area contributed by atoms with Crippen molar-refractivity contribution in [2.24, 2.45) is 0 Å². The van der Waals surface area contributed by atoms with Crippen LogP contribution in [0.25, 0.3) is 0 Å². The largest absolute Gasteiger partial charge is 0.496 e. The van der Waals surface area contributed by atoms with Crippen molar-refractivity contribution in [1.82, 2.24) is 4.98 Å². The van der Waals surface area contributed by atoms with E-state index < -0.39 is 5.82 Å². The van der Waals surface area contributed by atoms with E-state index in [1.807, 2.05) is 13.0 Å². The van der Waals surface area contributed by atoms with Gasteiger partial charge in [-0.15, -0.1) is 0 Å². The second-order valence-electron chi connectivity index (χ2n) is 3.92. The van der Waals surface area contributed by atoms with Crippen molar-refractivity contribution < 1.29 is 13.9 Å². The van der Waals surface area contributed by atoms with Crippen LogP contribution in [-0.4, -0.2) is 17.9 Å². The number of carbonyl (C=O) groups is 1. The van der Waals surface area contributed by atoms with Crippen LogP contribution in [0.15, 0.2) is 36.7 Å². The van der Waals surface area contributed by atoms with Crippen LogP contribution in [0.3, 0.4) is 0 Å². The van der Waals surface area contributed by atoms with E-state index in [4.69, 9.17) is 4.74 Å². The Balaban J connectivity index is 2.48. The van der Waals surface area contributed by atoms with Gasteiger partial charge in [0, 0.05) is 11.8 Å². The number of carbonyl (C=O) groups excluding carboxylic acids is 1. The SMILES string of the molecule is COc1ccc(C)cc1C(=O)c1cncc(F)c1. The third-order valence-electron chi connectivity index (χ3n) is 2.57. The summed E-state index contributed by atoms with van der Waals surface area (Å²) in [5, 5.41) is 0. The van der Waals surface area contributed by atoms with Gasteiger partial charge in [-0.05, 0) is 25.1 Å². The number of ketones is 1. The summed E-state index contributed by atoms with van der Waals surface area (Å²) in [6, 6.07) is 6.44. The molecule has 18 heavy (non-hydrogen) atoms. The summed E-state index contributed by atoms with van der Waals surface area (Å²) >= 11 is 0. The highest BCUT2D eigenvalue weighted by Crippen LogP contribution is 2.22. The fourth-order valence-electron chi connectivity index (χ4n) is 1.69. The fraction of sp³-hybridized carbons (Fsp3) is 0.143. The van der Waals surface area contributed by atoms with E-state index in [1.54, 1.807) is 12.1 Å². The van der Waals surface area contributed by atoms with Crippen molar-refractivity contribution in [2.75, 3.05) is 7.11 Å². The average molecular weight is 245 g/mol. The Labute approximate surface area is 104 Å². The molecule has 0 aliphatic rings. The van der Waals surface area contributed by atoms with Crippen molar-refractivity contribution in [1.29, 1.82) is 0 Å². The van der Waals surface area contributed by atoms with Gasteiger partial charge in [-0.3, -0.25) is 9.78 Å². The standard InChI is InChI=1S/C14H12FNO2/c1-9-3-4-13(18-2)12(5-9)14(17)10-6-11(15)8-16-7-10/h3-8H,1-2H3. The van der Waals surface area contributed by atoms with Gasteiger partial charge in [0.2, 0.25) is 0 Å². The van der Waals surface area contributed by atoms with Crippen molar-refractivity contribution in [2.45, 2.75) is 6.92 Å². The minimum absolute atomic E-state index is 0.207. The average Bonchev–Trinajstić information content (AvgIpc) is 2.38. The summed E-state index contributed by atoms with van der Waals surface area (Å²) in [6.07, 6.45) is 2.40. The molecule has 0 aliphatic heterocycles. The summed E-state index contributed by atoms with van der Waals surface area (Å²) < 4.78 is 18.2. The summed E-state index contributed by atoms with van der Waals surface area (Å²) in [4.78, 5) is 15.9. The van der Waals surface area contributed by atoms with Gasteiger partial charge in [0.1, 0.15) is 11.6 Å². The Morgan fingerprint density at radius 2 is 2.06 bits per heavy atom. The van der Waals surface area contributed by atoms with Crippen molar-refractivity contribution in [3.8, 4) is 5.75 Å². The minimum Gasteiger partial charge on any atom is -0.496 e. The normalized spacial score (nSPS) is 10.2. The smallest absolute Gasteiger partial charge is 0.198 e. The monoisotopic (exact) mass is 245 g/mol. The van der Waals surface area contributed by atoms with E-state index in [2.05, 4.69) is 4.98 Å². The van der Waals surface area contributed by atoms with Crippen molar-refractivity contribution >= 4 is 5.78 Å². The highest BCUT2D eigenvalue weighted by molar-refractivity contribution is 6.10. The molecule has 0 fully saturated rings. The number of ether oxygens (including phenoxy) is 1. The Kier molecular flexibility index (Phi) is 3.37. The number of benzene rings is 1. The summed E-state index contributed by atoms with van der Waals surface area (Å²) in [6.45, 7) is 1.88. The Morgan fingerprint density at radius 1 is 1.28 bits per heavy atom. The lowest BCUT2D eigenvalue weighted by Crippen LogP contribution is -2.05. The van der Waals surface area contributed by atoms with Gasteiger partial charge in [0.15, 0.2) is 5.78 Å². The number of nitrogens with zero attached hydrogens (tertiary/aromatic N) is 1. The molecule has 0 N–H and O–H groups in total. The number of methoxy groups -OCH3 is 1. The topological polar surface area (TPSA) is 39.2 Å². The van der Waals surface area contributed by atoms with Gasteiger partial charge in [-0.2, -0.15) is 0 Å². The molecule has 0 saturated carbocycles. The van der Waals surface area contributed by atoms with Crippen LogP contribution in [0, 0.1) is 12.7 Å². The molecule has 0 bridgehead atoms. The number of aromatic nitrogens is 1. The zero-order chi connectivity index (χ0) is 13.1. The highest BCUT2D eigenvalue weighted by Gasteiger charge is 2.15. The Morgan fingerprint density at radius 3 is 2.72 bits per heavy atom. The first-order valence-electron chi connectivity index (χ1n) is 5.41. The molecule has 0 radical (unpaired) electrons. The van der Waals surface area contributed by atoms with E-state index in [1.165, 1.54) is 13.3 Å². The first kappa shape index (κ1) is 12.2. The van der Waals surface area contributed by atoms with Crippen LogP contribution in [-0.2, 0) is 0 Å². The lowest BCUT2D eigenvalue weighted by atomic mass is 10.0. The molecule has 0 aliphatic carbocycles. The van der Waals surface area contributed by atoms with Crippen LogP contribution in [0.1, 0.15) is 21.5 Å². The van der Waals surface area contributed by atoms with Crippen molar-refractivity contribution in [3.63, 3.8) is 0 Å². The van der Waals surface area contributed by atoms with E-state index in [0.717, 1.165) is 17.8 Å². The predicted octanol–water partition coefficient (Wildman–Crippen LogP) is 2.77. The maximum absolute atomic E-state index is 13.1. The lowest BCUT2D eigenvalue weighted by Gasteiger charge is -2.08. The molecule has 1 aromatic heterocycles. The summed E-state index contributed by atoms with van der Waals surface area (Å²) in [7, 11) is 1.49. The summed E-state index contributed by atoms with van der Waals surface area (Å²) in [5.74, 6) is -0.370. The molecular weight excluding hydrogens is 233 g/mol. The Hall–Kier alpha value is -2.23. The first-order chi connectivity index (χ1) is 8.61. The third kappa shape index (κ3) is 2.37. The molecule has 3 nitrogen and oxygen atoms in total. The van der Waals surface area contributed by atoms with Crippen LogP contribution < -0.4 is 4.74 Å². The molecule has 0 unspecified atom stereocenters. The molecule has 0 spiro atoms. The van der Waals surface area contributed by atoms with Gasteiger partial charge >= 0.3 is 0 Å². The van der Waals surface area contributed by atoms with Crippen LogP contribution in [0.4, 0.5) is 4.39 Å². The predicted molar refractivity (Wildman–Crippen MR) is 65.4 cm³/mol. The van der Waals surface area contributed by atoms with E-state index >= 15 is 0 Å². The molecule has 0 atom stereocenters. The molecule has 92 valence electrons. The zero-order valence-corrected chi connectivity index (χ0v) is 10.1. The second-order valence-corrected chi connectivity index (χ2v) is 3.92. The van der Waals surface area contributed by atoms with Gasteiger partial charge in [-0.1, -0.05) is 11.6 Å². The van der Waals surface area contributed by atoms with Crippen LogP contribution in [0.5, 0.6) is 5.75 Å². The number of rotatable bonds is 3. The van der Waals surface area contributed by atoms with Gasteiger partial charge in [-0.25, -0.2) is 4.39 Å². The van der Waals surface area contributed by atoms with Gasteiger partial charge in [0.25, 0.3) is 0 Å². The van der Waals surface area contributed by atoms with Gasteiger partial charge < -0.3 is 4.74 Å². The number of aryl methyl sites for hydroxylation is 1. The van der Waals surface area contributed by atoms with E-state index in [-0.39, 0.29) is 11.3 Å². The van der Waals surface area contributed by atoms with Crippen molar-refractivity contribution in [3.05, 3.63) is 59.2 Å².